The van der Waals surface area contributed by atoms with Crippen LogP contribution in [0.5, 0.6) is 0 Å². The Morgan fingerprint density at radius 2 is 1.40 bits per heavy atom. The number of anilines is 2. The fraction of sp³-hybridized carbons (Fsp3) is 0.429. The van der Waals surface area contributed by atoms with Gasteiger partial charge in [-0.3, -0.25) is 22.7 Å². The Morgan fingerprint density at radius 1 is 0.814 bits per heavy atom. The number of phosphoric acid groups is 2. The zero-order valence-electron chi connectivity index (χ0n) is 21.7. The van der Waals surface area contributed by atoms with E-state index in [9.17, 15) is 18.9 Å². The first-order valence-corrected chi connectivity index (χ1v) is 15.7. The Bertz CT molecular complexity index is 1840. The van der Waals surface area contributed by atoms with Crippen LogP contribution in [0.3, 0.4) is 0 Å². The van der Waals surface area contributed by atoms with E-state index >= 15 is 4.39 Å². The molecule has 9 atom stereocenters. The molecule has 4 aromatic heterocycles. The van der Waals surface area contributed by atoms with Crippen LogP contribution in [-0.4, -0.2) is 86.5 Å². The van der Waals surface area contributed by atoms with Crippen molar-refractivity contribution in [3.63, 3.8) is 0 Å². The first-order valence-electron chi connectivity index (χ1n) is 12.7. The zero-order valence-corrected chi connectivity index (χ0v) is 23.5. The van der Waals surface area contributed by atoms with E-state index in [1.807, 2.05) is 0 Å². The first-order chi connectivity index (χ1) is 20.5. The average molecular weight is 640 g/mol. The van der Waals surface area contributed by atoms with Crippen molar-refractivity contribution in [3.8, 4) is 0 Å². The minimum absolute atomic E-state index is 0.0346. The smallest absolute Gasteiger partial charge is 0.382 e. The van der Waals surface area contributed by atoms with E-state index in [0.29, 0.717) is 11.2 Å². The molecule has 0 aromatic carbocycles. The lowest BCUT2D eigenvalue weighted by atomic mass is 10.1. The van der Waals surface area contributed by atoms with E-state index in [0.717, 1.165) is 6.33 Å². The second kappa shape index (κ2) is 10.3. The summed E-state index contributed by atoms with van der Waals surface area (Å²) < 4.78 is 71.8. The van der Waals surface area contributed by atoms with Gasteiger partial charge < -0.3 is 30.6 Å². The number of hydrogen-bond donors (Lipinski definition) is 4. The highest BCUT2D eigenvalue weighted by Crippen LogP contribution is 2.54. The fourth-order valence-corrected chi connectivity index (χ4v) is 7.28. The number of nitrogens with two attached hydrogens (primary N) is 2. The summed E-state index contributed by atoms with van der Waals surface area (Å²) in [4.78, 5) is 45.6. The third kappa shape index (κ3) is 4.99. The van der Waals surface area contributed by atoms with Crippen molar-refractivity contribution in [1.29, 1.82) is 0 Å². The van der Waals surface area contributed by atoms with Crippen molar-refractivity contribution in [2.75, 3.05) is 24.7 Å². The van der Waals surface area contributed by atoms with Gasteiger partial charge in [0.25, 0.3) is 0 Å². The molecule has 1 aliphatic carbocycles. The summed E-state index contributed by atoms with van der Waals surface area (Å²) >= 11 is 0. The van der Waals surface area contributed by atoms with Gasteiger partial charge in [0.15, 0.2) is 35.3 Å². The molecule has 22 heteroatoms. The molecule has 0 amide bonds. The lowest BCUT2D eigenvalue weighted by molar-refractivity contribution is -0.0530. The van der Waals surface area contributed by atoms with Gasteiger partial charge in [0.1, 0.15) is 42.0 Å². The zero-order chi connectivity index (χ0) is 30.1. The molecule has 2 aliphatic heterocycles. The van der Waals surface area contributed by atoms with Gasteiger partial charge in [0.05, 0.1) is 31.9 Å². The molecular weight excluding hydrogens is 617 g/mol. The predicted octanol–water partition coefficient (Wildman–Crippen LogP) is 0.811. The number of fused-ring (bicyclic) bond motifs is 4. The van der Waals surface area contributed by atoms with Crippen molar-refractivity contribution < 1.29 is 46.1 Å². The molecule has 3 aliphatic rings. The lowest BCUT2D eigenvalue weighted by Gasteiger charge is -2.30. The van der Waals surface area contributed by atoms with Gasteiger partial charge >= 0.3 is 15.6 Å². The topological polar surface area (TPSA) is 260 Å². The Labute approximate surface area is 239 Å². The maximum Gasteiger partial charge on any atom is 0.472 e. The molecule has 6 N–H and O–H groups in total. The van der Waals surface area contributed by atoms with Crippen molar-refractivity contribution >= 4 is 49.6 Å². The van der Waals surface area contributed by atoms with Crippen molar-refractivity contribution in [2.24, 2.45) is 5.92 Å². The van der Waals surface area contributed by atoms with Crippen molar-refractivity contribution in [2.45, 2.75) is 36.8 Å². The van der Waals surface area contributed by atoms with E-state index < -0.39 is 71.5 Å². The standard InChI is InChI=1S/C21H23FN10O9P2/c22-12-16-11(39-21(12)32-8-30-14-18(24)26-6-28-20(14)32)4-38-43(35,36)40-15-9(3-37-42(33,34)41-16)1-2-10(15)31-7-29-13-17(23)25-5-27-19(13)31/h1-2,5-12,15-16,21H,3-4H2,(H,33,34)(H,35,36)(H2,23,25,27)(H2,24,26,28)/t9-,10-,11-,12-,15-,16-,21-/m1/s1. The second-order valence-electron chi connectivity index (χ2n) is 9.88. The maximum absolute atomic E-state index is 15.8. The number of hydrogen-bond acceptors (Lipinski definition) is 15. The second-order valence-corrected chi connectivity index (χ2v) is 12.7. The van der Waals surface area contributed by atoms with Crippen molar-refractivity contribution in [1.82, 2.24) is 39.0 Å². The number of nitrogen functional groups attached to an aromatic ring is 2. The third-order valence-electron chi connectivity index (χ3n) is 7.29. The minimum Gasteiger partial charge on any atom is -0.382 e. The summed E-state index contributed by atoms with van der Waals surface area (Å²) in [5, 5.41) is 0. The summed E-state index contributed by atoms with van der Waals surface area (Å²) in [6.07, 6.45) is 0.106. The molecule has 7 rings (SSSR count). The summed E-state index contributed by atoms with van der Waals surface area (Å²) in [6.45, 7) is -1.29. The van der Waals surface area contributed by atoms with E-state index in [1.54, 1.807) is 12.2 Å². The monoisotopic (exact) mass is 640 g/mol. The van der Waals surface area contributed by atoms with Gasteiger partial charge in [-0.05, 0) is 0 Å². The largest absolute Gasteiger partial charge is 0.472 e. The number of halogens is 1. The van der Waals surface area contributed by atoms with Gasteiger partial charge in [-0.15, -0.1) is 0 Å². The molecule has 0 radical (unpaired) electrons. The molecule has 2 unspecified atom stereocenters. The van der Waals surface area contributed by atoms with E-state index in [4.69, 9.17) is 34.3 Å². The van der Waals surface area contributed by atoms with Gasteiger partial charge in [0.2, 0.25) is 0 Å². The van der Waals surface area contributed by atoms with Crippen LogP contribution in [0.25, 0.3) is 22.3 Å². The molecule has 43 heavy (non-hydrogen) atoms. The molecule has 0 spiro atoms. The molecule has 228 valence electrons. The average Bonchev–Trinajstić information content (AvgIpc) is 3.72. The molecule has 0 saturated carbocycles. The fourth-order valence-electron chi connectivity index (χ4n) is 5.31. The quantitative estimate of drug-likeness (QED) is 0.174. The Kier molecular flexibility index (Phi) is 6.80. The van der Waals surface area contributed by atoms with Gasteiger partial charge in [-0.2, -0.15) is 0 Å². The van der Waals surface area contributed by atoms with Crippen LogP contribution in [0.15, 0.2) is 37.5 Å². The van der Waals surface area contributed by atoms with Crippen LogP contribution in [0.4, 0.5) is 16.0 Å². The van der Waals surface area contributed by atoms with Gasteiger partial charge in [-0.1, -0.05) is 12.2 Å². The number of alkyl halides is 1. The van der Waals surface area contributed by atoms with Crippen LogP contribution in [0.1, 0.15) is 12.3 Å². The normalized spacial score (nSPS) is 36.8. The Balaban J connectivity index is 1.18. The number of nitrogens with zero attached hydrogens (tertiary/aromatic N) is 8. The highest BCUT2D eigenvalue weighted by atomic mass is 31.2. The van der Waals surface area contributed by atoms with Crippen LogP contribution in [0.2, 0.25) is 0 Å². The predicted molar refractivity (Wildman–Crippen MR) is 141 cm³/mol. The molecule has 6 heterocycles. The lowest BCUT2D eigenvalue weighted by Crippen LogP contribution is -2.35. The first kappa shape index (κ1) is 28.3. The van der Waals surface area contributed by atoms with Crippen molar-refractivity contribution in [3.05, 3.63) is 37.5 Å². The molecular formula is C21H23FN10O9P2. The number of rotatable bonds is 2. The number of ether oxygens (including phenoxy) is 1. The maximum atomic E-state index is 15.8. The summed E-state index contributed by atoms with van der Waals surface area (Å²) in [7, 11) is -9.81. The Hall–Kier alpha value is -3.45. The van der Waals surface area contributed by atoms with Gasteiger partial charge in [-0.25, -0.2) is 43.4 Å². The molecule has 2 fully saturated rings. The number of imidazole rings is 2. The SMILES string of the molecule is Nc1ncnc2c1ncn2[C@@H]1C=C[C@@H]2COP(=O)(O)O[C@H]3[C@@H](F)[C@H](n4cnc5c(N)ncnc54)O[C@@H]3COP(=O)(O)O[C@H]21. The molecule has 2 saturated heterocycles. The highest BCUT2D eigenvalue weighted by molar-refractivity contribution is 7.47. The van der Waals surface area contributed by atoms with Crippen LogP contribution in [0, 0.1) is 5.92 Å². The summed E-state index contributed by atoms with van der Waals surface area (Å²) in [5.74, 6) is -0.705. The van der Waals surface area contributed by atoms with E-state index in [2.05, 4.69) is 29.9 Å². The van der Waals surface area contributed by atoms with Crippen LogP contribution < -0.4 is 11.5 Å². The van der Waals surface area contributed by atoms with Gasteiger partial charge in [0, 0.05) is 5.92 Å². The summed E-state index contributed by atoms with van der Waals surface area (Å²) in [5.41, 5.74) is 12.6. The molecule has 4 aromatic rings. The van der Waals surface area contributed by atoms with Crippen LogP contribution in [-0.2, 0) is 32.0 Å². The van der Waals surface area contributed by atoms with Crippen LogP contribution >= 0.6 is 15.6 Å². The number of phosphoric ester groups is 2. The summed E-state index contributed by atoms with van der Waals surface area (Å²) in [6, 6.07) is -0.794. The molecule has 0 bridgehead atoms. The minimum atomic E-state index is -4.94. The number of aromatic nitrogens is 8. The highest BCUT2D eigenvalue weighted by Gasteiger charge is 2.52. The van der Waals surface area contributed by atoms with E-state index in [-0.39, 0.29) is 22.8 Å². The Morgan fingerprint density at radius 3 is 2.07 bits per heavy atom. The molecule has 19 nitrogen and oxygen atoms in total. The third-order valence-corrected chi connectivity index (χ3v) is 9.26. The van der Waals surface area contributed by atoms with E-state index in [1.165, 1.54) is 28.1 Å².